The van der Waals surface area contributed by atoms with E-state index >= 15 is 0 Å². The zero-order valence-electron chi connectivity index (χ0n) is 14.1. The zero-order valence-corrected chi connectivity index (χ0v) is 14.1. The van der Waals surface area contributed by atoms with E-state index in [1.165, 1.54) is 0 Å². The number of nitrogens with zero attached hydrogens (tertiary/aromatic N) is 2. The molecule has 2 amide bonds. The SMILES string of the molecule is CC(CC(C(=O)NN)N1CCOCC1)(C(=O)NN)N1CCOCC1. The largest absolute Gasteiger partial charge is 0.379 e. The van der Waals surface area contributed by atoms with Crippen molar-refractivity contribution in [2.45, 2.75) is 24.9 Å². The summed E-state index contributed by atoms with van der Waals surface area (Å²) in [6.45, 7) is 6.41. The second kappa shape index (κ2) is 8.70. The van der Waals surface area contributed by atoms with Crippen molar-refractivity contribution in [2.24, 2.45) is 11.7 Å². The lowest BCUT2D eigenvalue weighted by molar-refractivity contribution is -0.141. The molecule has 6 N–H and O–H groups in total. The van der Waals surface area contributed by atoms with Gasteiger partial charge in [-0.25, -0.2) is 11.7 Å². The molecule has 2 atom stereocenters. The Morgan fingerprint density at radius 2 is 1.58 bits per heavy atom. The van der Waals surface area contributed by atoms with Gasteiger partial charge in [0.25, 0.3) is 11.8 Å². The predicted molar refractivity (Wildman–Crippen MR) is 86.3 cm³/mol. The Balaban J connectivity index is 2.22. The lowest BCUT2D eigenvalue weighted by atomic mass is 9.88. The van der Waals surface area contributed by atoms with Crippen molar-refractivity contribution in [2.75, 3.05) is 52.6 Å². The number of morpholine rings is 2. The lowest BCUT2D eigenvalue weighted by Gasteiger charge is -2.45. The number of nitrogens with one attached hydrogen (secondary N) is 2. The smallest absolute Gasteiger partial charge is 0.254 e. The summed E-state index contributed by atoms with van der Waals surface area (Å²) < 4.78 is 10.7. The Morgan fingerprint density at radius 3 is 2.08 bits per heavy atom. The molecule has 2 rings (SSSR count). The summed E-state index contributed by atoms with van der Waals surface area (Å²) in [6, 6.07) is -0.538. The van der Waals surface area contributed by atoms with Gasteiger partial charge in [-0.05, 0) is 13.3 Å². The van der Waals surface area contributed by atoms with Gasteiger partial charge < -0.3 is 9.47 Å². The summed E-state index contributed by atoms with van der Waals surface area (Å²) in [5, 5.41) is 0. The van der Waals surface area contributed by atoms with Gasteiger partial charge in [-0.2, -0.15) is 0 Å². The fourth-order valence-electron chi connectivity index (χ4n) is 3.33. The van der Waals surface area contributed by atoms with E-state index in [2.05, 4.69) is 10.9 Å². The molecule has 138 valence electrons. The van der Waals surface area contributed by atoms with Crippen LogP contribution in [0.4, 0.5) is 0 Å². The van der Waals surface area contributed by atoms with Gasteiger partial charge in [-0.15, -0.1) is 0 Å². The van der Waals surface area contributed by atoms with Gasteiger partial charge in [0, 0.05) is 26.2 Å². The molecule has 0 aromatic rings. The van der Waals surface area contributed by atoms with Crippen LogP contribution in [0.1, 0.15) is 13.3 Å². The fourth-order valence-corrected chi connectivity index (χ4v) is 3.33. The third kappa shape index (κ3) is 4.21. The highest BCUT2D eigenvalue weighted by Gasteiger charge is 2.44. The molecule has 2 heterocycles. The monoisotopic (exact) mass is 344 g/mol. The number of amides is 2. The average Bonchev–Trinajstić information content (AvgIpc) is 2.66. The number of hydrogen-bond acceptors (Lipinski definition) is 8. The topological polar surface area (TPSA) is 135 Å². The van der Waals surface area contributed by atoms with Crippen molar-refractivity contribution >= 4 is 11.8 Å². The quantitative estimate of drug-likeness (QED) is 0.230. The summed E-state index contributed by atoms with van der Waals surface area (Å²) in [4.78, 5) is 28.9. The van der Waals surface area contributed by atoms with E-state index in [0.717, 1.165) is 0 Å². The van der Waals surface area contributed by atoms with Crippen LogP contribution in [-0.2, 0) is 19.1 Å². The van der Waals surface area contributed by atoms with Gasteiger partial charge in [0.15, 0.2) is 0 Å². The predicted octanol–water partition coefficient (Wildman–Crippen LogP) is -2.85. The van der Waals surface area contributed by atoms with Crippen LogP contribution in [0.25, 0.3) is 0 Å². The van der Waals surface area contributed by atoms with Crippen LogP contribution >= 0.6 is 0 Å². The van der Waals surface area contributed by atoms with Crippen LogP contribution in [0.3, 0.4) is 0 Å². The minimum atomic E-state index is -0.936. The van der Waals surface area contributed by atoms with E-state index in [4.69, 9.17) is 21.2 Å². The summed E-state index contributed by atoms with van der Waals surface area (Å²) in [5.74, 6) is 10.1. The third-order valence-corrected chi connectivity index (χ3v) is 4.85. The number of nitrogens with two attached hydrogens (primary N) is 2. The molecule has 2 aliphatic rings. The second-order valence-corrected chi connectivity index (χ2v) is 6.22. The standard InChI is InChI=1S/C14H28N6O4/c1-14(13(22)18-16,20-4-8-24-9-5-20)10-11(12(21)17-15)19-2-6-23-7-3-19/h11H,2-10,15-16H2,1H3,(H,17,21)(H,18,22). The summed E-state index contributed by atoms with van der Waals surface area (Å²) in [7, 11) is 0. The normalized spacial score (nSPS) is 24.0. The van der Waals surface area contributed by atoms with Gasteiger partial charge in [0.1, 0.15) is 5.54 Å². The molecule has 2 aliphatic heterocycles. The van der Waals surface area contributed by atoms with Crippen molar-refractivity contribution in [3.63, 3.8) is 0 Å². The minimum Gasteiger partial charge on any atom is -0.379 e. The maximum Gasteiger partial charge on any atom is 0.254 e. The number of carbonyl (C=O) groups is 2. The van der Waals surface area contributed by atoms with Gasteiger partial charge in [0.2, 0.25) is 0 Å². The van der Waals surface area contributed by atoms with Crippen LogP contribution < -0.4 is 22.5 Å². The molecule has 0 aromatic heterocycles. The van der Waals surface area contributed by atoms with Crippen molar-refractivity contribution in [3.05, 3.63) is 0 Å². The molecular formula is C14H28N6O4. The van der Waals surface area contributed by atoms with Crippen molar-refractivity contribution < 1.29 is 19.1 Å². The zero-order chi connectivity index (χ0) is 17.6. The number of hydrogen-bond donors (Lipinski definition) is 4. The first-order chi connectivity index (χ1) is 11.5. The molecule has 2 saturated heterocycles. The molecule has 2 fully saturated rings. The van der Waals surface area contributed by atoms with Crippen LogP contribution in [0.5, 0.6) is 0 Å². The Kier molecular flexibility index (Phi) is 6.90. The molecule has 0 bridgehead atoms. The van der Waals surface area contributed by atoms with E-state index in [9.17, 15) is 9.59 Å². The highest BCUT2D eigenvalue weighted by molar-refractivity contribution is 5.88. The fraction of sp³-hybridized carbons (Fsp3) is 0.857. The molecule has 0 saturated carbocycles. The van der Waals surface area contributed by atoms with Gasteiger partial charge >= 0.3 is 0 Å². The van der Waals surface area contributed by atoms with Crippen LogP contribution in [0, 0.1) is 0 Å². The summed E-state index contributed by atoms with van der Waals surface area (Å²) in [6.07, 6.45) is 0.277. The molecule has 10 heteroatoms. The minimum absolute atomic E-state index is 0.277. The first-order valence-corrected chi connectivity index (χ1v) is 8.19. The number of rotatable bonds is 6. The summed E-state index contributed by atoms with van der Waals surface area (Å²) >= 11 is 0. The Morgan fingerprint density at radius 1 is 1.04 bits per heavy atom. The average molecular weight is 344 g/mol. The van der Waals surface area contributed by atoms with Gasteiger partial charge in [-0.3, -0.25) is 30.2 Å². The molecule has 0 aromatic carbocycles. The Hall–Kier alpha value is -1.30. The van der Waals surface area contributed by atoms with E-state index in [1.54, 1.807) is 6.92 Å². The molecule has 10 nitrogen and oxygen atoms in total. The van der Waals surface area contributed by atoms with Crippen molar-refractivity contribution in [1.82, 2.24) is 20.7 Å². The van der Waals surface area contributed by atoms with E-state index in [-0.39, 0.29) is 18.2 Å². The maximum atomic E-state index is 12.5. The van der Waals surface area contributed by atoms with E-state index < -0.39 is 11.6 Å². The number of ether oxygens (including phenoxy) is 2. The van der Waals surface area contributed by atoms with Crippen LogP contribution in [-0.4, -0.2) is 85.8 Å². The lowest BCUT2D eigenvalue weighted by Crippen LogP contribution is -2.65. The molecule has 0 spiro atoms. The van der Waals surface area contributed by atoms with E-state index in [1.807, 2.05) is 9.80 Å². The Bertz CT molecular complexity index is 439. The Labute approximate surface area is 141 Å². The first-order valence-electron chi connectivity index (χ1n) is 8.19. The van der Waals surface area contributed by atoms with E-state index in [0.29, 0.717) is 52.6 Å². The van der Waals surface area contributed by atoms with Crippen LogP contribution in [0.2, 0.25) is 0 Å². The van der Waals surface area contributed by atoms with Crippen LogP contribution in [0.15, 0.2) is 0 Å². The summed E-state index contributed by atoms with van der Waals surface area (Å²) in [5.41, 5.74) is 3.52. The first kappa shape index (κ1) is 19.0. The maximum absolute atomic E-state index is 12.5. The van der Waals surface area contributed by atoms with Crippen molar-refractivity contribution in [3.8, 4) is 0 Å². The highest BCUT2D eigenvalue weighted by Crippen LogP contribution is 2.26. The third-order valence-electron chi connectivity index (χ3n) is 4.85. The number of carbonyl (C=O) groups excluding carboxylic acids is 2. The molecular weight excluding hydrogens is 316 g/mol. The molecule has 2 unspecified atom stereocenters. The molecule has 0 aliphatic carbocycles. The van der Waals surface area contributed by atoms with Crippen molar-refractivity contribution in [1.29, 1.82) is 0 Å². The highest BCUT2D eigenvalue weighted by atomic mass is 16.5. The second-order valence-electron chi connectivity index (χ2n) is 6.22. The van der Waals surface area contributed by atoms with Gasteiger partial charge in [0.05, 0.1) is 32.5 Å². The number of hydrazine groups is 2. The molecule has 24 heavy (non-hydrogen) atoms. The van der Waals surface area contributed by atoms with Gasteiger partial charge in [-0.1, -0.05) is 0 Å². The molecule has 0 radical (unpaired) electrons.